The molecule has 0 radical (unpaired) electrons. The summed E-state index contributed by atoms with van der Waals surface area (Å²) in [6, 6.07) is -0.274. The van der Waals surface area contributed by atoms with Crippen molar-refractivity contribution in [3.05, 3.63) is 39.5 Å². The predicted molar refractivity (Wildman–Crippen MR) is 133 cm³/mol. The monoisotopic (exact) mass is 555 g/mol. The highest BCUT2D eigenvalue weighted by Crippen LogP contribution is 2.39. The second-order valence-electron chi connectivity index (χ2n) is 9.84. The molecule has 0 saturated carbocycles. The van der Waals surface area contributed by atoms with Crippen molar-refractivity contribution in [1.29, 1.82) is 0 Å². The molecule has 3 fully saturated rings. The van der Waals surface area contributed by atoms with Gasteiger partial charge < -0.3 is 19.4 Å². The van der Waals surface area contributed by atoms with Crippen molar-refractivity contribution in [2.24, 2.45) is 0 Å². The number of ether oxygens (including phenoxy) is 1. The van der Waals surface area contributed by atoms with Crippen LogP contribution in [0.4, 0.5) is 24.8 Å². The number of anilines is 2. The molecule has 3 saturated heterocycles. The fraction of sp³-hybridized carbons (Fsp3) is 0.625. The molecular formula is C24H29ClF3N7O3. The highest BCUT2D eigenvalue weighted by molar-refractivity contribution is 6.30. The first-order chi connectivity index (χ1) is 18.2. The molecule has 2 aromatic heterocycles. The van der Waals surface area contributed by atoms with Crippen LogP contribution >= 0.6 is 11.6 Å². The van der Waals surface area contributed by atoms with Gasteiger partial charge in [-0.2, -0.15) is 18.3 Å². The minimum atomic E-state index is -4.79. The Labute approximate surface area is 222 Å². The number of alkyl halides is 3. The molecule has 10 nitrogen and oxygen atoms in total. The van der Waals surface area contributed by atoms with Crippen LogP contribution in [-0.4, -0.2) is 81.9 Å². The number of amides is 1. The summed E-state index contributed by atoms with van der Waals surface area (Å²) in [7, 11) is 0. The first kappa shape index (κ1) is 26.7. The molecule has 5 rings (SSSR count). The Morgan fingerprint density at radius 2 is 1.82 bits per heavy atom. The van der Waals surface area contributed by atoms with Crippen molar-refractivity contribution in [3.8, 4) is 0 Å². The third-order valence-corrected chi connectivity index (χ3v) is 7.70. The third-order valence-electron chi connectivity index (χ3n) is 7.50. The fourth-order valence-electron chi connectivity index (χ4n) is 5.65. The number of carbonyl (C=O) groups excluding carboxylic acids is 1. The zero-order valence-electron chi connectivity index (χ0n) is 20.7. The van der Waals surface area contributed by atoms with Crippen molar-refractivity contribution in [2.75, 3.05) is 42.5 Å². The largest absolute Gasteiger partial charge is 0.423 e. The van der Waals surface area contributed by atoms with Crippen molar-refractivity contribution in [3.63, 3.8) is 0 Å². The second-order valence-corrected chi connectivity index (χ2v) is 10.3. The molecule has 2 aromatic rings. The van der Waals surface area contributed by atoms with Crippen LogP contribution in [-0.2, 0) is 15.7 Å². The number of rotatable bonds is 6. The van der Waals surface area contributed by atoms with Gasteiger partial charge in [0.1, 0.15) is 5.56 Å². The number of hydrogen-bond donors (Lipinski definition) is 1. The van der Waals surface area contributed by atoms with Crippen LogP contribution in [0.25, 0.3) is 0 Å². The molecule has 38 heavy (non-hydrogen) atoms. The van der Waals surface area contributed by atoms with Gasteiger partial charge in [-0.3, -0.25) is 9.59 Å². The molecule has 206 valence electrons. The molecule has 0 unspecified atom stereocenters. The van der Waals surface area contributed by atoms with Crippen molar-refractivity contribution < 1.29 is 22.7 Å². The van der Waals surface area contributed by atoms with Crippen LogP contribution in [0.15, 0.2) is 23.4 Å². The number of nitrogens with zero attached hydrogens (tertiary/aromatic N) is 6. The van der Waals surface area contributed by atoms with Crippen LogP contribution in [0.5, 0.6) is 0 Å². The van der Waals surface area contributed by atoms with E-state index < -0.39 is 17.3 Å². The van der Waals surface area contributed by atoms with Crippen LogP contribution in [0.3, 0.4) is 0 Å². The summed E-state index contributed by atoms with van der Waals surface area (Å²) in [5.74, 6) is 0.645. The Morgan fingerprint density at radius 1 is 1.08 bits per heavy atom. The van der Waals surface area contributed by atoms with E-state index in [1.54, 1.807) is 17.3 Å². The maximum absolute atomic E-state index is 13.6. The molecule has 1 N–H and O–H groups in total. The van der Waals surface area contributed by atoms with Crippen LogP contribution in [0.2, 0.25) is 5.02 Å². The summed E-state index contributed by atoms with van der Waals surface area (Å²) < 4.78 is 47.1. The second kappa shape index (κ2) is 11.0. The number of H-pyrrole nitrogens is 1. The summed E-state index contributed by atoms with van der Waals surface area (Å²) in [4.78, 5) is 38.7. The van der Waals surface area contributed by atoms with Crippen LogP contribution in [0.1, 0.15) is 44.1 Å². The number of aromatic amines is 1. The number of aromatic nitrogens is 4. The van der Waals surface area contributed by atoms with Gasteiger partial charge in [-0.15, -0.1) is 0 Å². The summed E-state index contributed by atoms with van der Waals surface area (Å²) >= 11 is 5.85. The first-order valence-electron chi connectivity index (χ1n) is 12.8. The van der Waals surface area contributed by atoms with Gasteiger partial charge in [0.15, 0.2) is 0 Å². The van der Waals surface area contributed by atoms with E-state index >= 15 is 0 Å². The normalized spacial score (nSPS) is 24.3. The highest BCUT2D eigenvalue weighted by Gasteiger charge is 2.43. The van der Waals surface area contributed by atoms with Crippen molar-refractivity contribution >= 4 is 29.1 Å². The summed E-state index contributed by atoms with van der Waals surface area (Å²) in [6.45, 7) is 2.80. The van der Waals surface area contributed by atoms with E-state index in [9.17, 15) is 22.8 Å². The van der Waals surface area contributed by atoms with Gasteiger partial charge in [-0.05, 0) is 32.1 Å². The van der Waals surface area contributed by atoms with Crippen LogP contribution in [0, 0.1) is 0 Å². The molecule has 0 bridgehead atoms. The maximum Gasteiger partial charge on any atom is 0.423 e. The lowest BCUT2D eigenvalue weighted by molar-refractivity contribution is -0.138. The number of hydrogen-bond acceptors (Lipinski definition) is 8. The van der Waals surface area contributed by atoms with Gasteiger partial charge in [0, 0.05) is 39.1 Å². The molecule has 5 heterocycles. The van der Waals surface area contributed by atoms with Crippen LogP contribution < -0.4 is 15.4 Å². The van der Waals surface area contributed by atoms with E-state index in [4.69, 9.17) is 16.3 Å². The molecule has 0 aliphatic carbocycles. The number of carbonyl (C=O) groups is 1. The van der Waals surface area contributed by atoms with E-state index in [1.807, 2.05) is 14.9 Å². The lowest BCUT2D eigenvalue weighted by atomic mass is 10.0. The maximum atomic E-state index is 13.6. The Balaban J connectivity index is 1.13. The Morgan fingerprint density at radius 3 is 2.53 bits per heavy atom. The van der Waals surface area contributed by atoms with E-state index in [2.05, 4.69) is 15.1 Å². The van der Waals surface area contributed by atoms with E-state index in [-0.39, 0.29) is 29.8 Å². The number of nitrogens with one attached hydrogen (secondary N) is 1. The van der Waals surface area contributed by atoms with E-state index in [1.165, 1.54) is 0 Å². The molecular weight excluding hydrogens is 527 g/mol. The van der Waals surface area contributed by atoms with Gasteiger partial charge in [0.05, 0.1) is 47.6 Å². The molecule has 3 atom stereocenters. The fourth-order valence-corrected chi connectivity index (χ4v) is 5.75. The van der Waals surface area contributed by atoms with Gasteiger partial charge in [-0.25, -0.2) is 15.1 Å². The molecule has 1 amide bonds. The molecule has 14 heteroatoms. The topological polar surface area (TPSA) is 108 Å². The van der Waals surface area contributed by atoms with Gasteiger partial charge in [-0.1, -0.05) is 11.6 Å². The Bertz CT molecular complexity index is 1190. The SMILES string of the molecule is O=C(CC[C@H]1CC[C@@H]([C@@H]2CCCN2c2cn[nH]c(=O)c2C(F)(F)F)O1)N1CCN(c2ncc(Cl)cn2)CC1. The zero-order chi connectivity index (χ0) is 26.9. The average Bonchev–Trinajstić information content (AvgIpc) is 3.57. The zero-order valence-corrected chi connectivity index (χ0v) is 21.4. The standard InChI is InChI=1S/C24H29ClF3N7O3/c25-15-12-29-23(30-13-15)34-10-8-33(9-11-34)20(36)6-4-16-3-5-19(38-16)17-2-1-7-35(17)18-14-31-32-22(37)21(18)24(26,27)28/h12-14,16-17,19H,1-11H2,(H,32,37)/t16-,17+,19+/m1/s1. The summed E-state index contributed by atoms with van der Waals surface area (Å²) in [5, 5.41) is 5.99. The Hall–Kier alpha value is -2.93. The third kappa shape index (κ3) is 5.73. The highest BCUT2D eigenvalue weighted by atomic mass is 35.5. The molecule has 0 aromatic carbocycles. The quantitative estimate of drug-likeness (QED) is 0.580. The molecule has 0 spiro atoms. The molecule has 3 aliphatic rings. The van der Waals surface area contributed by atoms with E-state index in [0.29, 0.717) is 75.8 Å². The Kier molecular flexibility index (Phi) is 7.75. The number of piperazine rings is 1. The lowest BCUT2D eigenvalue weighted by Crippen LogP contribution is -2.49. The van der Waals surface area contributed by atoms with Crippen molar-refractivity contribution in [1.82, 2.24) is 25.1 Å². The van der Waals surface area contributed by atoms with Crippen molar-refractivity contribution in [2.45, 2.75) is 63.0 Å². The predicted octanol–water partition coefficient (Wildman–Crippen LogP) is 2.88. The van der Waals surface area contributed by atoms with E-state index in [0.717, 1.165) is 12.6 Å². The van der Waals surface area contributed by atoms with Gasteiger partial charge in [0.25, 0.3) is 5.56 Å². The van der Waals surface area contributed by atoms with Gasteiger partial charge in [0.2, 0.25) is 11.9 Å². The smallest absolute Gasteiger partial charge is 0.373 e. The summed E-state index contributed by atoms with van der Waals surface area (Å²) in [5.41, 5.74) is -2.66. The number of halogens is 4. The average molecular weight is 556 g/mol. The minimum absolute atomic E-state index is 0.0561. The lowest BCUT2D eigenvalue weighted by Gasteiger charge is -2.35. The minimum Gasteiger partial charge on any atom is -0.373 e. The van der Waals surface area contributed by atoms with Gasteiger partial charge >= 0.3 is 6.18 Å². The summed E-state index contributed by atoms with van der Waals surface area (Å²) in [6.07, 6.45) is 2.70. The molecule has 3 aliphatic heterocycles. The first-order valence-corrected chi connectivity index (χ1v) is 13.2.